The van der Waals surface area contributed by atoms with Crippen LogP contribution < -0.4 is 10.2 Å². The van der Waals surface area contributed by atoms with Crippen LogP contribution in [0.1, 0.15) is 101 Å². The highest BCUT2D eigenvalue weighted by Crippen LogP contribution is 2.40. The Labute approximate surface area is 209 Å². The maximum atomic E-state index is 13.8. The van der Waals surface area contributed by atoms with E-state index in [0.717, 1.165) is 25.0 Å². The second-order valence-electron chi connectivity index (χ2n) is 11.9. The number of benzene rings is 1. The first-order valence-corrected chi connectivity index (χ1v) is 12.4. The SMILES string of the molecule is Cc1cnc(N(C)C(=O)C2(NC(=O)c3cc(C(C)(C)C)c(O)c(C(C)(C)C)c3)CCCCC2)cn1. The molecule has 0 radical (unpaired) electrons. The second-order valence-corrected chi connectivity index (χ2v) is 11.9. The van der Waals surface area contributed by atoms with E-state index in [1.54, 1.807) is 31.6 Å². The van der Waals surface area contributed by atoms with Crippen molar-refractivity contribution >= 4 is 17.6 Å². The zero-order valence-electron chi connectivity index (χ0n) is 22.5. The minimum absolute atomic E-state index is 0.186. The fourth-order valence-electron chi connectivity index (χ4n) is 4.73. The highest BCUT2D eigenvalue weighted by Gasteiger charge is 2.43. The van der Waals surface area contributed by atoms with Gasteiger partial charge in [-0.3, -0.25) is 19.5 Å². The first kappa shape index (κ1) is 26.6. The van der Waals surface area contributed by atoms with Crippen molar-refractivity contribution in [3.05, 3.63) is 46.9 Å². The maximum Gasteiger partial charge on any atom is 0.253 e. The summed E-state index contributed by atoms with van der Waals surface area (Å²) in [6.07, 6.45) is 7.08. The Balaban J connectivity index is 2.01. The van der Waals surface area contributed by atoms with Gasteiger partial charge in [-0.25, -0.2) is 4.98 Å². The van der Waals surface area contributed by atoms with Gasteiger partial charge in [-0.05, 0) is 42.7 Å². The lowest BCUT2D eigenvalue weighted by Gasteiger charge is -2.39. The molecule has 2 aromatic rings. The number of nitrogens with one attached hydrogen (secondary N) is 1. The number of hydrogen-bond donors (Lipinski definition) is 2. The van der Waals surface area contributed by atoms with E-state index >= 15 is 0 Å². The Morgan fingerprint density at radius 2 is 1.49 bits per heavy atom. The quantitative estimate of drug-likeness (QED) is 0.629. The number of carbonyl (C=O) groups excluding carboxylic acids is 2. The molecule has 0 atom stereocenters. The summed E-state index contributed by atoms with van der Waals surface area (Å²) < 4.78 is 0. The molecule has 1 heterocycles. The van der Waals surface area contributed by atoms with Crippen molar-refractivity contribution in [2.75, 3.05) is 11.9 Å². The number of nitrogens with zero attached hydrogens (tertiary/aromatic N) is 3. The van der Waals surface area contributed by atoms with Crippen molar-refractivity contribution in [1.29, 1.82) is 0 Å². The summed E-state index contributed by atoms with van der Waals surface area (Å²) in [5, 5.41) is 14.2. The molecule has 7 nitrogen and oxygen atoms in total. The minimum Gasteiger partial charge on any atom is -0.507 e. The lowest BCUT2D eigenvalue weighted by Crippen LogP contribution is -2.60. The molecule has 1 fully saturated rings. The Kier molecular flexibility index (Phi) is 7.30. The highest BCUT2D eigenvalue weighted by atomic mass is 16.3. The monoisotopic (exact) mass is 480 g/mol. The number of aromatic hydroxyl groups is 1. The van der Waals surface area contributed by atoms with Gasteiger partial charge in [0.25, 0.3) is 11.8 Å². The smallest absolute Gasteiger partial charge is 0.253 e. The molecule has 1 aliphatic carbocycles. The van der Waals surface area contributed by atoms with Gasteiger partial charge in [0, 0.05) is 23.7 Å². The number of aromatic nitrogens is 2. The van der Waals surface area contributed by atoms with Crippen LogP contribution in [0.3, 0.4) is 0 Å². The van der Waals surface area contributed by atoms with Gasteiger partial charge in [0.15, 0.2) is 5.82 Å². The molecular formula is C28H40N4O3. The summed E-state index contributed by atoms with van der Waals surface area (Å²) in [6.45, 7) is 13.9. The molecule has 1 aromatic heterocycles. The van der Waals surface area contributed by atoms with Crippen molar-refractivity contribution in [1.82, 2.24) is 15.3 Å². The molecule has 2 amide bonds. The normalized spacial score (nSPS) is 16.0. The van der Waals surface area contributed by atoms with Gasteiger partial charge in [-0.15, -0.1) is 0 Å². The molecular weight excluding hydrogens is 440 g/mol. The Bertz CT molecular complexity index is 1050. The van der Waals surface area contributed by atoms with E-state index in [9.17, 15) is 14.7 Å². The summed E-state index contributed by atoms with van der Waals surface area (Å²) in [6, 6.07) is 3.52. The van der Waals surface area contributed by atoms with E-state index in [1.807, 2.05) is 48.5 Å². The molecule has 0 bridgehead atoms. The number of phenols is 1. The molecule has 2 N–H and O–H groups in total. The van der Waals surface area contributed by atoms with E-state index in [4.69, 9.17) is 0 Å². The molecule has 35 heavy (non-hydrogen) atoms. The molecule has 7 heteroatoms. The minimum atomic E-state index is -1.02. The predicted octanol–water partition coefficient (Wildman–Crippen LogP) is 5.18. The van der Waals surface area contributed by atoms with Crippen LogP contribution in [-0.2, 0) is 15.6 Å². The van der Waals surface area contributed by atoms with Crippen LogP contribution in [0.4, 0.5) is 5.82 Å². The number of anilines is 1. The number of aryl methyl sites for hydroxylation is 1. The Hall–Kier alpha value is -2.96. The molecule has 1 saturated carbocycles. The maximum absolute atomic E-state index is 13.8. The molecule has 0 saturated heterocycles. The van der Waals surface area contributed by atoms with E-state index in [0.29, 0.717) is 35.3 Å². The van der Waals surface area contributed by atoms with E-state index in [2.05, 4.69) is 15.3 Å². The Morgan fingerprint density at radius 3 is 1.94 bits per heavy atom. The van der Waals surface area contributed by atoms with Crippen LogP contribution in [0.15, 0.2) is 24.5 Å². The third-order valence-corrected chi connectivity index (χ3v) is 6.87. The number of carbonyl (C=O) groups is 2. The molecule has 0 unspecified atom stereocenters. The van der Waals surface area contributed by atoms with Crippen LogP contribution in [0.2, 0.25) is 0 Å². The first-order valence-electron chi connectivity index (χ1n) is 12.4. The average molecular weight is 481 g/mol. The summed E-state index contributed by atoms with van der Waals surface area (Å²) in [5.41, 5.74) is 0.919. The second kappa shape index (κ2) is 9.59. The van der Waals surface area contributed by atoms with E-state index < -0.39 is 5.54 Å². The van der Waals surface area contributed by atoms with Crippen LogP contribution in [0, 0.1) is 6.92 Å². The molecule has 190 valence electrons. The fourth-order valence-corrected chi connectivity index (χ4v) is 4.73. The van der Waals surface area contributed by atoms with Crippen LogP contribution in [0.5, 0.6) is 5.75 Å². The number of hydrogen-bond acceptors (Lipinski definition) is 5. The van der Waals surface area contributed by atoms with Crippen molar-refractivity contribution in [3.63, 3.8) is 0 Å². The predicted molar refractivity (Wildman–Crippen MR) is 139 cm³/mol. The van der Waals surface area contributed by atoms with Crippen LogP contribution in [-0.4, -0.2) is 39.5 Å². The summed E-state index contributed by atoms with van der Waals surface area (Å²) >= 11 is 0. The lowest BCUT2D eigenvalue weighted by molar-refractivity contribution is -0.125. The zero-order chi connectivity index (χ0) is 26.2. The summed E-state index contributed by atoms with van der Waals surface area (Å²) in [4.78, 5) is 37.6. The van der Waals surface area contributed by atoms with Gasteiger partial charge in [0.05, 0.1) is 18.1 Å². The van der Waals surface area contributed by atoms with E-state index in [1.165, 1.54) is 4.90 Å². The van der Waals surface area contributed by atoms with E-state index in [-0.39, 0.29) is 28.4 Å². The summed E-state index contributed by atoms with van der Waals surface area (Å²) in [7, 11) is 1.68. The van der Waals surface area contributed by atoms with Crippen molar-refractivity contribution in [3.8, 4) is 5.75 Å². The number of phenolic OH excluding ortho intramolecular Hbond substituents is 1. The Morgan fingerprint density at radius 1 is 0.943 bits per heavy atom. The molecule has 1 aromatic carbocycles. The van der Waals surface area contributed by atoms with Crippen molar-refractivity contribution in [2.24, 2.45) is 0 Å². The largest absolute Gasteiger partial charge is 0.507 e. The van der Waals surface area contributed by atoms with Gasteiger partial charge in [0.2, 0.25) is 0 Å². The van der Waals surface area contributed by atoms with Gasteiger partial charge in [-0.1, -0.05) is 60.8 Å². The number of rotatable bonds is 4. The highest BCUT2D eigenvalue weighted by molar-refractivity contribution is 6.04. The fraction of sp³-hybridized carbons (Fsp3) is 0.571. The third-order valence-electron chi connectivity index (χ3n) is 6.87. The van der Waals surface area contributed by atoms with Gasteiger partial charge in [0.1, 0.15) is 11.3 Å². The zero-order valence-corrected chi connectivity index (χ0v) is 22.5. The third kappa shape index (κ3) is 5.65. The first-order chi connectivity index (χ1) is 16.2. The number of amides is 2. The molecule has 0 aliphatic heterocycles. The molecule has 1 aliphatic rings. The van der Waals surface area contributed by atoms with Crippen molar-refractivity contribution in [2.45, 2.75) is 96.9 Å². The van der Waals surface area contributed by atoms with Crippen LogP contribution in [0.25, 0.3) is 0 Å². The standard InChI is InChI=1S/C28H40N4O3/c1-18-16-30-22(17-29-18)32(8)25(35)28(12-10-9-11-13-28)31-24(34)19-14-20(26(2,3)4)23(33)21(15-19)27(5,6)7/h14-17,33H,9-13H2,1-8H3,(H,31,34). The molecule has 0 spiro atoms. The van der Waals surface area contributed by atoms with Gasteiger partial charge < -0.3 is 10.4 Å². The summed E-state index contributed by atoms with van der Waals surface area (Å²) in [5.74, 6) is 0.186. The van der Waals surface area contributed by atoms with Crippen molar-refractivity contribution < 1.29 is 14.7 Å². The average Bonchev–Trinajstić information content (AvgIpc) is 2.77. The topological polar surface area (TPSA) is 95.4 Å². The number of likely N-dealkylation sites (N-methyl/N-ethyl adjacent to an activating group) is 1. The van der Waals surface area contributed by atoms with Crippen LogP contribution >= 0.6 is 0 Å². The molecule has 3 rings (SSSR count). The van der Waals surface area contributed by atoms with Gasteiger partial charge in [-0.2, -0.15) is 0 Å². The lowest BCUT2D eigenvalue weighted by atomic mass is 9.77. The van der Waals surface area contributed by atoms with Gasteiger partial charge >= 0.3 is 0 Å².